The summed E-state index contributed by atoms with van der Waals surface area (Å²) in [6.45, 7) is 7.79. The molecule has 0 saturated carbocycles. The Bertz CT molecular complexity index is 257. The molecule has 0 heterocycles. The van der Waals surface area contributed by atoms with Crippen molar-refractivity contribution in [2.75, 3.05) is 119 Å². The molecule has 0 amide bonds. The summed E-state index contributed by atoms with van der Waals surface area (Å²) in [6.07, 6.45) is 0. The van der Waals surface area contributed by atoms with E-state index in [9.17, 15) is 0 Å². The number of hydrogen-bond acceptors (Lipinski definition) is 10. The van der Waals surface area contributed by atoms with Crippen molar-refractivity contribution in [1.29, 1.82) is 0 Å². The summed E-state index contributed by atoms with van der Waals surface area (Å²) in [5, 5.41) is 17.0. The molecule has 0 bridgehead atoms. The van der Waals surface area contributed by atoms with Crippen LogP contribution in [0.2, 0.25) is 0 Å². The monoisotopic (exact) mass is 436 g/mol. The van der Waals surface area contributed by atoms with Gasteiger partial charge in [0.05, 0.1) is 119 Å². The fraction of sp³-hybridized carbons (Fsp3) is 1.00. The molecule has 0 aliphatic heterocycles. The molecule has 0 aliphatic carbocycles. The van der Waals surface area contributed by atoms with E-state index in [2.05, 4.69) is 0 Å². The Morgan fingerprint density at radius 1 is 0.300 bits per heavy atom. The smallest absolute Gasteiger partial charge is 0.394 e. The Balaban J connectivity index is -0.00000364. The zero-order valence-corrected chi connectivity index (χ0v) is 17.9. The molecule has 0 spiro atoms. The van der Waals surface area contributed by atoms with Gasteiger partial charge in [-0.25, -0.2) is 0 Å². The van der Waals surface area contributed by atoms with Crippen molar-refractivity contribution in [3.8, 4) is 0 Å². The Morgan fingerprint density at radius 3 is 0.567 bits per heavy atom. The SMILES string of the molecule is OCCOCCOCCOCCOCCOCCOCCOCCOCCO.[BH4-].[Li+]. The van der Waals surface area contributed by atoms with Crippen molar-refractivity contribution in [3.05, 3.63) is 0 Å². The number of aliphatic hydroxyl groups is 2. The van der Waals surface area contributed by atoms with E-state index in [0.717, 1.165) is 0 Å². The van der Waals surface area contributed by atoms with Gasteiger partial charge in [-0.15, -0.1) is 0 Å². The quantitative estimate of drug-likeness (QED) is 0.106. The summed E-state index contributed by atoms with van der Waals surface area (Å²) >= 11 is 0. The van der Waals surface area contributed by atoms with Crippen LogP contribution in [0.25, 0.3) is 0 Å². The van der Waals surface area contributed by atoms with Crippen LogP contribution in [0.1, 0.15) is 0 Å². The molecule has 0 aromatic carbocycles. The van der Waals surface area contributed by atoms with E-state index < -0.39 is 0 Å². The van der Waals surface area contributed by atoms with Crippen LogP contribution in [0.5, 0.6) is 0 Å². The number of hydrogen-bond donors (Lipinski definition) is 2. The average Bonchev–Trinajstić information content (AvgIpc) is 2.71. The number of rotatable bonds is 25. The Labute approximate surface area is 194 Å². The summed E-state index contributed by atoms with van der Waals surface area (Å²) in [5.74, 6) is 0. The predicted octanol–water partition coefficient (Wildman–Crippen LogP) is -5.34. The van der Waals surface area contributed by atoms with E-state index in [4.69, 9.17) is 48.1 Å². The molecular formula is C18H42BLiO10. The molecule has 0 atom stereocenters. The molecule has 0 aromatic rings. The zero-order valence-electron chi connectivity index (χ0n) is 17.9. The van der Waals surface area contributed by atoms with Crippen LogP contribution in [-0.4, -0.2) is 138 Å². The van der Waals surface area contributed by atoms with Gasteiger partial charge in [-0.05, 0) is 0 Å². The normalized spacial score (nSPS) is 10.6. The summed E-state index contributed by atoms with van der Waals surface area (Å²) in [7, 11) is 0. The van der Waals surface area contributed by atoms with Gasteiger partial charge in [0.15, 0.2) is 0 Å². The van der Waals surface area contributed by atoms with Crippen LogP contribution in [-0.2, 0) is 37.9 Å². The second kappa shape index (κ2) is 33.9. The maximum atomic E-state index is 8.52. The third-order valence-corrected chi connectivity index (χ3v) is 3.08. The van der Waals surface area contributed by atoms with E-state index in [-0.39, 0.29) is 40.5 Å². The average molecular weight is 436 g/mol. The van der Waals surface area contributed by atoms with Gasteiger partial charge in [0, 0.05) is 0 Å². The first-order valence-electron chi connectivity index (χ1n) is 9.75. The maximum absolute atomic E-state index is 8.52. The molecule has 12 heteroatoms. The standard InChI is InChI=1S/C18H38O10.BH4.Li/c19-1-3-21-5-7-23-9-11-25-13-15-27-17-18-28-16-14-26-12-10-24-8-6-22-4-2-20;;/h19-20H,1-18H2;1H4;/q;-1;+1. The summed E-state index contributed by atoms with van der Waals surface area (Å²) in [5.41, 5.74) is 0. The van der Waals surface area contributed by atoms with Crippen LogP contribution in [0.15, 0.2) is 0 Å². The molecule has 0 radical (unpaired) electrons. The zero-order chi connectivity index (χ0) is 20.4. The first-order valence-corrected chi connectivity index (χ1v) is 9.75. The summed E-state index contributed by atoms with van der Waals surface area (Å²) < 4.78 is 42.2. The second-order valence-electron chi connectivity index (χ2n) is 5.35. The molecule has 10 nitrogen and oxygen atoms in total. The van der Waals surface area contributed by atoms with E-state index in [1.165, 1.54) is 0 Å². The fourth-order valence-electron chi connectivity index (χ4n) is 1.77. The van der Waals surface area contributed by atoms with Crippen molar-refractivity contribution in [2.45, 2.75) is 0 Å². The van der Waals surface area contributed by atoms with Gasteiger partial charge in [-0.2, -0.15) is 0 Å². The molecule has 30 heavy (non-hydrogen) atoms. The predicted molar refractivity (Wildman–Crippen MR) is 112 cm³/mol. The van der Waals surface area contributed by atoms with Gasteiger partial charge in [0.25, 0.3) is 0 Å². The first-order chi connectivity index (χ1) is 13.9. The molecule has 0 unspecified atom stereocenters. The third kappa shape index (κ3) is 32.9. The van der Waals surface area contributed by atoms with Gasteiger partial charge in [0.2, 0.25) is 0 Å². The number of aliphatic hydroxyl groups excluding tert-OH is 2. The van der Waals surface area contributed by atoms with Crippen LogP contribution >= 0.6 is 0 Å². The minimum absolute atomic E-state index is 0. The Morgan fingerprint density at radius 2 is 0.433 bits per heavy atom. The van der Waals surface area contributed by atoms with Crippen molar-refractivity contribution >= 4 is 8.41 Å². The molecule has 0 fully saturated rings. The first kappa shape index (κ1) is 34.9. The topological polar surface area (TPSA) is 114 Å². The van der Waals surface area contributed by atoms with Gasteiger partial charge in [-0.3, -0.25) is 0 Å². The third-order valence-electron chi connectivity index (χ3n) is 3.08. The maximum Gasteiger partial charge on any atom is 1.00 e. The molecule has 2 N–H and O–H groups in total. The molecule has 0 saturated heterocycles. The summed E-state index contributed by atoms with van der Waals surface area (Å²) in [6, 6.07) is 0. The van der Waals surface area contributed by atoms with Crippen LogP contribution in [0.3, 0.4) is 0 Å². The van der Waals surface area contributed by atoms with Gasteiger partial charge >= 0.3 is 18.9 Å². The van der Waals surface area contributed by atoms with Crippen molar-refractivity contribution < 1.29 is 67.0 Å². The van der Waals surface area contributed by atoms with E-state index >= 15 is 0 Å². The van der Waals surface area contributed by atoms with Crippen LogP contribution in [0.4, 0.5) is 0 Å². The minimum Gasteiger partial charge on any atom is -0.394 e. The largest absolute Gasteiger partial charge is 1.00 e. The Hall–Kier alpha value is 0.262. The van der Waals surface area contributed by atoms with Crippen molar-refractivity contribution in [3.63, 3.8) is 0 Å². The fourth-order valence-corrected chi connectivity index (χ4v) is 1.77. The summed E-state index contributed by atoms with van der Waals surface area (Å²) in [4.78, 5) is 0. The van der Waals surface area contributed by atoms with E-state index in [0.29, 0.717) is 106 Å². The Kier molecular flexibility index (Phi) is 39.4. The minimum atomic E-state index is 0. The van der Waals surface area contributed by atoms with Gasteiger partial charge in [-0.1, -0.05) is 8.41 Å². The van der Waals surface area contributed by atoms with E-state index in [1.54, 1.807) is 0 Å². The van der Waals surface area contributed by atoms with Crippen molar-refractivity contribution in [2.24, 2.45) is 0 Å². The van der Waals surface area contributed by atoms with Gasteiger partial charge in [0.1, 0.15) is 0 Å². The van der Waals surface area contributed by atoms with Crippen LogP contribution < -0.4 is 18.9 Å². The molecule has 0 aromatic heterocycles. The van der Waals surface area contributed by atoms with Crippen LogP contribution in [0, 0.1) is 0 Å². The molecule has 0 rings (SSSR count). The van der Waals surface area contributed by atoms with Crippen molar-refractivity contribution in [1.82, 2.24) is 0 Å². The molecular weight excluding hydrogens is 394 g/mol. The molecule has 178 valence electrons. The number of ether oxygens (including phenoxy) is 8. The second-order valence-corrected chi connectivity index (χ2v) is 5.35. The van der Waals surface area contributed by atoms with E-state index in [1.807, 2.05) is 0 Å². The van der Waals surface area contributed by atoms with Gasteiger partial charge < -0.3 is 48.1 Å². The molecule has 0 aliphatic rings.